The summed E-state index contributed by atoms with van der Waals surface area (Å²) in [6.07, 6.45) is 3.22. The molecule has 1 aliphatic rings. The van der Waals surface area contributed by atoms with Crippen molar-refractivity contribution in [2.24, 2.45) is 4.99 Å². The highest BCUT2D eigenvalue weighted by molar-refractivity contribution is 6.07. The normalized spacial score (nSPS) is 15.7. The quantitative estimate of drug-likeness (QED) is 0.944. The predicted octanol–water partition coefficient (Wildman–Crippen LogP) is 2.57. The number of pyridine rings is 1. The van der Waals surface area contributed by atoms with E-state index in [0.29, 0.717) is 30.2 Å². The highest BCUT2D eigenvalue weighted by atomic mass is 16.5. The molecular weight excluding hydrogens is 290 g/mol. The van der Waals surface area contributed by atoms with Gasteiger partial charge in [-0.1, -0.05) is 30.3 Å². The number of aliphatic imine (C=N–C) groups is 1. The lowest BCUT2D eigenvalue weighted by atomic mass is 10.1. The number of benzene rings is 1. The second-order valence-electron chi connectivity index (χ2n) is 6.11. The van der Waals surface area contributed by atoms with Crippen LogP contribution in [0.2, 0.25) is 0 Å². The highest BCUT2D eigenvalue weighted by Gasteiger charge is 2.29. The zero-order valence-electron chi connectivity index (χ0n) is 13.2. The molecule has 0 unspecified atom stereocenters. The first-order valence-electron chi connectivity index (χ1n) is 7.54. The summed E-state index contributed by atoms with van der Waals surface area (Å²) in [6.45, 7) is 4.96. The van der Waals surface area contributed by atoms with Crippen LogP contribution in [0.1, 0.15) is 35.3 Å². The van der Waals surface area contributed by atoms with Crippen molar-refractivity contribution in [1.82, 2.24) is 10.3 Å². The molecule has 0 fully saturated rings. The van der Waals surface area contributed by atoms with Crippen LogP contribution in [0.25, 0.3) is 0 Å². The lowest BCUT2D eigenvalue weighted by Crippen LogP contribution is -2.25. The van der Waals surface area contributed by atoms with Crippen LogP contribution in [0.5, 0.6) is 0 Å². The molecule has 0 saturated heterocycles. The maximum atomic E-state index is 12.5. The summed E-state index contributed by atoms with van der Waals surface area (Å²) in [6, 6.07) is 11.5. The Labute approximate surface area is 135 Å². The molecule has 5 heteroatoms. The van der Waals surface area contributed by atoms with Crippen molar-refractivity contribution < 1.29 is 9.53 Å². The van der Waals surface area contributed by atoms with Gasteiger partial charge in [0.05, 0.1) is 16.7 Å². The molecule has 2 heterocycles. The van der Waals surface area contributed by atoms with Gasteiger partial charge in [-0.2, -0.15) is 0 Å². The summed E-state index contributed by atoms with van der Waals surface area (Å²) in [4.78, 5) is 21.1. The van der Waals surface area contributed by atoms with Crippen molar-refractivity contribution in [2.75, 3.05) is 6.61 Å². The van der Waals surface area contributed by atoms with Crippen LogP contribution in [0.15, 0.2) is 53.8 Å². The summed E-state index contributed by atoms with van der Waals surface area (Å²) in [5.41, 5.74) is 1.92. The second-order valence-corrected chi connectivity index (χ2v) is 6.11. The van der Waals surface area contributed by atoms with Crippen LogP contribution >= 0.6 is 0 Å². The van der Waals surface area contributed by atoms with E-state index < -0.39 is 0 Å². The molecule has 118 valence electrons. The molecule has 3 rings (SSSR count). The minimum atomic E-state index is -0.275. The Kier molecular flexibility index (Phi) is 4.10. The first-order chi connectivity index (χ1) is 11.1. The Hall–Kier alpha value is -2.69. The third-order valence-corrected chi connectivity index (χ3v) is 3.56. The van der Waals surface area contributed by atoms with Crippen molar-refractivity contribution in [2.45, 2.75) is 25.9 Å². The van der Waals surface area contributed by atoms with E-state index >= 15 is 0 Å². The van der Waals surface area contributed by atoms with Gasteiger partial charge in [0.2, 0.25) is 5.90 Å². The van der Waals surface area contributed by atoms with Crippen molar-refractivity contribution in [1.29, 1.82) is 0 Å². The Morgan fingerprint density at radius 3 is 2.74 bits per heavy atom. The van der Waals surface area contributed by atoms with Crippen LogP contribution in [-0.2, 0) is 11.3 Å². The fourth-order valence-electron chi connectivity index (χ4n) is 2.36. The second kappa shape index (κ2) is 6.20. The van der Waals surface area contributed by atoms with Crippen molar-refractivity contribution in [3.8, 4) is 0 Å². The number of carbonyl (C=O) groups is 1. The van der Waals surface area contributed by atoms with Gasteiger partial charge >= 0.3 is 0 Å². The van der Waals surface area contributed by atoms with E-state index in [1.54, 1.807) is 18.5 Å². The van der Waals surface area contributed by atoms with Gasteiger partial charge in [-0.05, 0) is 25.5 Å². The fourth-order valence-corrected chi connectivity index (χ4v) is 2.36. The van der Waals surface area contributed by atoms with Gasteiger partial charge < -0.3 is 10.1 Å². The van der Waals surface area contributed by atoms with Gasteiger partial charge in [0, 0.05) is 18.9 Å². The number of hydrogen-bond donors (Lipinski definition) is 1. The van der Waals surface area contributed by atoms with E-state index in [-0.39, 0.29) is 11.4 Å². The highest BCUT2D eigenvalue weighted by Crippen LogP contribution is 2.22. The van der Waals surface area contributed by atoms with Crippen LogP contribution in [0, 0.1) is 0 Å². The minimum Gasteiger partial charge on any atom is -0.475 e. The third kappa shape index (κ3) is 3.56. The Bertz CT molecular complexity index is 739. The number of amides is 1. The Morgan fingerprint density at radius 1 is 1.26 bits per heavy atom. The molecule has 0 bridgehead atoms. The summed E-state index contributed by atoms with van der Waals surface area (Å²) >= 11 is 0. The molecule has 1 aromatic heterocycles. The van der Waals surface area contributed by atoms with Gasteiger partial charge in [-0.25, -0.2) is 4.99 Å². The first-order valence-corrected chi connectivity index (χ1v) is 7.54. The molecule has 2 aromatic rings. The largest absolute Gasteiger partial charge is 0.475 e. The number of ether oxygens (including phenoxy) is 1. The van der Waals surface area contributed by atoms with E-state index in [1.807, 2.05) is 44.2 Å². The van der Waals surface area contributed by atoms with Gasteiger partial charge in [0.1, 0.15) is 6.61 Å². The number of nitrogens with one attached hydrogen (secondary N) is 1. The number of aromatic nitrogens is 1. The first kappa shape index (κ1) is 15.2. The number of hydrogen-bond acceptors (Lipinski definition) is 4. The van der Waals surface area contributed by atoms with Crippen molar-refractivity contribution >= 4 is 11.8 Å². The molecule has 0 radical (unpaired) electrons. The molecule has 1 aromatic carbocycles. The SMILES string of the molecule is CC1(C)COC(c2cnccc2C(=O)NCc2ccccc2)=N1. The lowest BCUT2D eigenvalue weighted by molar-refractivity contribution is 0.0950. The average Bonchev–Trinajstić information content (AvgIpc) is 2.93. The van der Waals surface area contributed by atoms with E-state index in [2.05, 4.69) is 15.3 Å². The van der Waals surface area contributed by atoms with Crippen molar-refractivity contribution in [3.63, 3.8) is 0 Å². The summed E-state index contributed by atoms with van der Waals surface area (Å²) < 4.78 is 5.64. The maximum Gasteiger partial charge on any atom is 0.252 e. The molecule has 0 spiro atoms. The molecule has 0 aliphatic carbocycles. The smallest absolute Gasteiger partial charge is 0.252 e. The van der Waals surface area contributed by atoms with Gasteiger partial charge in [-0.15, -0.1) is 0 Å². The average molecular weight is 309 g/mol. The summed E-state index contributed by atoms with van der Waals surface area (Å²) in [5.74, 6) is 0.315. The lowest BCUT2D eigenvalue weighted by Gasteiger charge is -2.09. The standard InChI is InChI=1S/C18H19N3O2/c1-18(2)12-23-17(21-18)15-11-19-9-8-14(15)16(22)20-10-13-6-4-3-5-7-13/h3-9,11H,10,12H2,1-2H3,(H,20,22). The third-order valence-electron chi connectivity index (χ3n) is 3.56. The molecule has 0 saturated carbocycles. The zero-order chi connectivity index (χ0) is 16.3. The number of rotatable bonds is 4. The van der Waals surface area contributed by atoms with E-state index in [0.717, 1.165) is 5.56 Å². The minimum absolute atomic E-state index is 0.165. The molecule has 1 N–H and O–H groups in total. The van der Waals surface area contributed by atoms with E-state index in [9.17, 15) is 4.79 Å². The van der Waals surface area contributed by atoms with E-state index in [1.165, 1.54) is 0 Å². The van der Waals surface area contributed by atoms with Crippen LogP contribution < -0.4 is 5.32 Å². The molecule has 23 heavy (non-hydrogen) atoms. The van der Waals surface area contributed by atoms with Crippen molar-refractivity contribution in [3.05, 3.63) is 65.5 Å². The Balaban J connectivity index is 1.79. The molecule has 5 nitrogen and oxygen atoms in total. The van der Waals surface area contributed by atoms with Crippen LogP contribution in [0.4, 0.5) is 0 Å². The van der Waals surface area contributed by atoms with E-state index in [4.69, 9.17) is 4.74 Å². The monoisotopic (exact) mass is 309 g/mol. The predicted molar refractivity (Wildman–Crippen MR) is 88.4 cm³/mol. The van der Waals surface area contributed by atoms with Crippen LogP contribution in [0.3, 0.4) is 0 Å². The van der Waals surface area contributed by atoms with Gasteiger partial charge in [0.25, 0.3) is 5.91 Å². The Morgan fingerprint density at radius 2 is 2.04 bits per heavy atom. The number of carbonyl (C=O) groups excluding carboxylic acids is 1. The molecule has 0 atom stereocenters. The zero-order valence-corrected chi connectivity index (χ0v) is 13.2. The molecular formula is C18H19N3O2. The fraction of sp³-hybridized carbons (Fsp3) is 0.278. The van der Waals surface area contributed by atoms with Gasteiger partial charge in [-0.3, -0.25) is 9.78 Å². The van der Waals surface area contributed by atoms with Crippen LogP contribution in [-0.4, -0.2) is 28.9 Å². The van der Waals surface area contributed by atoms with Gasteiger partial charge in [0.15, 0.2) is 0 Å². The summed E-state index contributed by atoms with van der Waals surface area (Å²) in [7, 11) is 0. The molecule has 1 amide bonds. The maximum absolute atomic E-state index is 12.5. The molecule has 1 aliphatic heterocycles. The summed E-state index contributed by atoms with van der Waals surface area (Å²) in [5, 5.41) is 2.92. The number of nitrogens with zero attached hydrogens (tertiary/aromatic N) is 2. The topological polar surface area (TPSA) is 63.6 Å².